The van der Waals surface area contributed by atoms with E-state index in [1.165, 1.54) is 20.0 Å². The zero-order valence-electron chi connectivity index (χ0n) is 11.6. The summed E-state index contributed by atoms with van der Waals surface area (Å²) < 4.78 is 6.56. The zero-order valence-corrected chi connectivity index (χ0v) is 11.6. The molecule has 0 radical (unpaired) electrons. The van der Waals surface area contributed by atoms with Gasteiger partial charge in [-0.3, -0.25) is 14.3 Å². The quantitative estimate of drug-likeness (QED) is 0.462. The molecule has 8 nitrogen and oxygen atoms in total. The third-order valence-electron chi connectivity index (χ3n) is 3.42. The fourth-order valence-corrected chi connectivity index (χ4v) is 2.39. The van der Waals surface area contributed by atoms with Crippen molar-refractivity contribution in [3.8, 4) is 11.8 Å². The van der Waals surface area contributed by atoms with E-state index < -0.39 is 41.3 Å². The third kappa shape index (κ3) is 2.52. The number of nitrogens with zero attached hydrogens (tertiary/aromatic N) is 1. The van der Waals surface area contributed by atoms with Crippen LogP contribution in [-0.2, 0) is 4.74 Å². The van der Waals surface area contributed by atoms with E-state index in [0.29, 0.717) is 0 Å². The highest BCUT2D eigenvalue weighted by atomic mass is 16.5. The predicted molar refractivity (Wildman–Crippen MR) is 73.3 cm³/mol. The second-order valence-corrected chi connectivity index (χ2v) is 4.96. The molecule has 0 spiro atoms. The van der Waals surface area contributed by atoms with Crippen LogP contribution in [0.1, 0.15) is 20.1 Å². The fraction of sp³-hybridized carbons (Fsp3) is 0.538. The number of H-pyrrole nitrogens is 1. The molecular formula is C13H17N3O5. The van der Waals surface area contributed by atoms with Gasteiger partial charge in [0.05, 0.1) is 6.10 Å². The van der Waals surface area contributed by atoms with Crippen LogP contribution in [0, 0.1) is 11.8 Å². The Hall–Kier alpha value is -1.92. The minimum atomic E-state index is -1.58. The van der Waals surface area contributed by atoms with Gasteiger partial charge < -0.3 is 20.7 Å². The average molecular weight is 295 g/mol. The highest BCUT2D eigenvalue weighted by molar-refractivity contribution is 5.25. The van der Waals surface area contributed by atoms with E-state index in [0.717, 1.165) is 10.6 Å². The van der Waals surface area contributed by atoms with Crippen LogP contribution in [0.4, 0.5) is 0 Å². The molecule has 114 valence electrons. The van der Waals surface area contributed by atoms with Crippen LogP contribution in [0.25, 0.3) is 0 Å². The molecule has 1 saturated heterocycles. The molecule has 21 heavy (non-hydrogen) atoms. The summed E-state index contributed by atoms with van der Waals surface area (Å²) in [6.07, 6.45) is -3.23. The molecule has 0 aliphatic carbocycles. The van der Waals surface area contributed by atoms with Crippen molar-refractivity contribution in [3.63, 3.8) is 0 Å². The molecule has 2 heterocycles. The maximum atomic E-state index is 11.9. The van der Waals surface area contributed by atoms with Gasteiger partial charge in [-0.1, -0.05) is 5.92 Å². The van der Waals surface area contributed by atoms with Gasteiger partial charge in [-0.25, -0.2) is 4.79 Å². The van der Waals surface area contributed by atoms with Gasteiger partial charge in [-0.2, -0.15) is 0 Å². The van der Waals surface area contributed by atoms with Crippen LogP contribution in [0.2, 0.25) is 0 Å². The Bertz CT molecular complexity index is 698. The van der Waals surface area contributed by atoms with Crippen LogP contribution in [0.3, 0.4) is 0 Å². The Morgan fingerprint density at radius 2 is 2.24 bits per heavy atom. The summed E-state index contributed by atoms with van der Waals surface area (Å²) in [5, 5.41) is 20.0. The second kappa shape index (κ2) is 5.46. The first kappa shape index (κ1) is 15.5. The number of aromatic nitrogens is 2. The summed E-state index contributed by atoms with van der Waals surface area (Å²) in [5.41, 5.74) is 3.23. The topological polar surface area (TPSA) is 131 Å². The van der Waals surface area contributed by atoms with E-state index in [4.69, 9.17) is 10.5 Å². The number of nitrogens with one attached hydrogen (secondary N) is 1. The van der Waals surface area contributed by atoms with Gasteiger partial charge >= 0.3 is 5.69 Å². The third-order valence-corrected chi connectivity index (χ3v) is 3.42. The Kier molecular flexibility index (Phi) is 4.02. The summed E-state index contributed by atoms with van der Waals surface area (Å²) in [4.78, 5) is 25.1. The molecule has 1 aliphatic rings. The highest BCUT2D eigenvalue weighted by Crippen LogP contribution is 2.36. The number of ether oxygens (including phenoxy) is 1. The first-order chi connectivity index (χ1) is 9.81. The van der Waals surface area contributed by atoms with Crippen molar-refractivity contribution in [1.29, 1.82) is 0 Å². The normalized spacial score (nSPS) is 33.3. The van der Waals surface area contributed by atoms with Gasteiger partial charge in [0.15, 0.2) is 11.8 Å². The maximum Gasteiger partial charge on any atom is 0.330 e. The van der Waals surface area contributed by atoms with Gasteiger partial charge in [0.1, 0.15) is 12.2 Å². The lowest BCUT2D eigenvalue weighted by molar-refractivity contribution is -0.0778. The molecule has 8 heteroatoms. The highest BCUT2D eigenvalue weighted by Gasteiger charge is 2.55. The minimum absolute atomic E-state index is 0.564. The Labute approximate surface area is 120 Å². The van der Waals surface area contributed by atoms with E-state index in [9.17, 15) is 19.8 Å². The lowest BCUT2D eigenvalue weighted by Crippen LogP contribution is -2.55. The molecule has 1 fully saturated rings. The molecule has 1 unspecified atom stereocenters. The lowest BCUT2D eigenvalue weighted by Gasteiger charge is -2.27. The number of nitrogens with two attached hydrogens (primary N) is 1. The van der Waals surface area contributed by atoms with Gasteiger partial charge in [0, 0.05) is 12.3 Å². The van der Waals surface area contributed by atoms with E-state index >= 15 is 0 Å². The summed E-state index contributed by atoms with van der Waals surface area (Å²) in [6, 6.07) is 1.13. The number of hydrogen-bond donors (Lipinski definition) is 4. The van der Waals surface area contributed by atoms with Crippen molar-refractivity contribution in [2.75, 3.05) is 0 Å². The molecule has 1 aliphatic heterocycles. The van der Waals surface area contributed by atoms with E-state index in [-0.39, 0.29) is 0 Å². The Morgan fingerprint density at radius 3 is 2.76 bits per heavy atom. The average Bonchev–Trinajstić information content (AvgIpc) is 2.64. The predicted octanol–water partition coefficient (Wildman–Crippen LogP) is -2.10. The molecule has 1 aromatic heterocycles. The van der Waals surface area contributed by atoms with E-state index in [2.05, 4.69) is 16.8 Å². The molecular weight excluding hydrogens is 278 g/mol. The van der Waals surface area contributed by atoms with Crippen molar-refractivity contribution < 1.29 is 14.9 Å². The van der Waals surface area contributed by atoms with Crippen molar-refractivity contribution in [2.24, 2.45) is 5.73 Å². The SMILES string of the molecule is CC#C[C@@]1(N)C(O)[C@@H]([C@H](C)O)O[C@H]1n1ccc(=O)[nH]c1=O. The summed E-state index contributed by atoms with van der Waals surface area (Å²) in [5.74, 6) is 5.22. The van der Waals surface area contributed by atoms with Crippen LogP contribution in [-0.4, -0.2) is 43.6 Å². The van der Waals surface area contributed by atoms with Gasteiger partial charge in [0.25, 0.3) is 5.56 Å². The zero-order chi connectivity index (χ0) is 15.8. The first-order valence-electron chi connectivity index (χ1n) is 6.37. The van der Waals surface area contributed by atoms with Crippen molar-refractivity contribution >= 4 is 0 Å². The smallest absolute Gasteiger partial charge is 0.330 e. The minimum Gasteiger partial charge on any atom is -0.391 e. The molecule has 0 aromatic carbocycles. The number of aromatic amines is 1. The van der Waals surface area contributed by atoms with Crippen molar-refractivity contribution in [3.05, 3.63) is 33.1 Å². The first-order valence-corrected chi connectivity index (χ1v) is 6.37. The maximum absolute atomic E-state index is 11.9. The van der Waals surface area contributed by atoms with Gasteiger partial charge in [-0.15, -0.1) is 5.92 Å². The number of aliphatic hydroxyl groups excluding tert-OH is 2. The standard InChI is InChI=1S/C13H17N3O5/c1-3-5-13(14)10(19)9(7(2)17)21-11(13)16-6-4-8(18)15-12(16)20/h4,6-7,9-11,17,19H,14H2,1-2H3,(H,15,18,20)/t7-,9+,10?,11+,13+/m0/s1. The molecule has 0 bridgehead atoms. The number of hydrogen-bond acceptors (Lipinski definition) is 6. The molecule has 1 aromatic rings. The summed E-state index contributed by atoms with van der Waals surface area (Å²) in [7, 11) is 0. The van der Waals surface area contributed by atoms with Crippen molar-refractivity contribution in [1.82, 2.24) is 9.55 Å². The van der Waals surface area contributed by atoms with E-state index in [1.807, 2.05) is 0 Å². The van der Waals surface area contributed by atoms with Crippen LogP contribution >= 0.6 is 0 Å². The summed E-state index contributed by atoms with van der Waals surface area (Å²) >= 11 is 0. The monoisotopic (exact) mass is 295 g/mol. The molecule has 0 saturated carbocycles. The molecule has 0 amide bonds. The van der Waals surface area contributed by atoms with Crippen LogP contribution in [0.5, 0.6) is 0 Å². The van der Waals surface area contributed by atoms with Crippen molar-refractivity contribution in [2.45, 2.75) is 43.9 Å². The largest absolute Gasteiger partial charge is 0.391 e. The molecule has 5 atom stereocenters. The second-order valence-electron chi connectivity index (χ2n) is 4.96. The fourth-order valence-electron chi connectivity index (χ4n) is 2.39. The molecule has 2 rings (SSSR count). The van der Waals surface area contributed by atoms with Gasteiger partial charge in [0.2, 0.25) is 0 Å². The molecule has 5 N–H and O–H groups in total. The Balaban J connectivity index is 2.56. The van der Waals surface area contributed by atoms with E-state index in [1.54, 1.807) is 0 Å². The van der Waals surface area contributed by atoms with Gasteiger partial charge in [-0.05, 0) is 13.8 Å². The Morgan fingerprint density at radius 1 is 1.57 bits per heavy atom. The lowest BCUT2D eigenvalue weighted by atomic mass is 9.90. The number of rotatable bonds is 2. The summed E-state index contributed by atoms with van der Waals surface area (Å²) in [6.45, 7) is 2.97. The van der Waals surface area contributed by atoms with Crippen LogP contribution < -0.4 is 17.0 Å². The van der Waals surface area contributed by atoms with Crippen LogP contribution in [0.15, 0.2) is 21.9 Å². The number of aliphatic hydroxyl groups is 2.